The molecular weight excluding hydrogens is 442 g/mol. The summed E-state index contributed by atoms with van der Waals surface area (Å²) in [4.78, 5) is 25.2. The number of benzene rings is 2. The van der Waals surface area contributed by atoms with Gasteiger partial charge in [-0.2, -0.15) is 0 Å². The molecular formula is C22H19Cl2FN4O2. The minimum Gasteiger partial charge on any atom is -0.439 e. The lowest BCUT2D eigenvalue weighted by Gasteiger charge is -2.40. The molecule has 9 heteroatoms. The number of ether oxygens (including phenoxy) is 1. The van der Waals surface area contributed by atoms with Crippen LogP contribution in [0.3, 0.4) is 0 Å². The Balaban J connectivity index is 1.44. The molecule has 0 radical (unpaired) electrons. The van der Waals surface area contributed by atoms with E-state index in [0.29, 0.717) is 47.7 Å². The molecule has 4 rings (SSSR count). The Morgan fingerprint density at radius 3 is 2.58 bits per heavy atom. The van der Waals surface area contributed by atoms with Crippen LogP contribution in [-0.4, -0.2) is 46.5 Å². The summed E-state index contributed by atoms with van der Waals surface area (Å²) in [5, 5.41) is 0.571. The van der Waals surface area contributed by atoms with Crippen molar-refractivity contribution in [1.82, 2.24) is 14.9 Å². The van der Waals surface area contributed by atoms with Gasteiger partial charge >= 0.3 is 0 Å². The van der Waals surface area contributed by atoms with Crippen molar-refractivity contribution < 1.29 is 13.9 Å². The fourth-order valence-corrected chi connectivity index (χ4v) is 3.74. The average molecular weight is 461 g/mol. The first-order chi connectivity index (χ1) is 14.9. The Kier molecular flexibility index (Phi) is 6.25. The minimum absolute atomic E-state index is 0.0211. The first-order valence-electron chi connectivity index (χ1n) is 9.67. The van der Waals surface area contributed by atoms with Gasteiger partial charge in [0.25, 0.3) is 5.91 Å². The molecule has 0 bridgehead atoms. The van der Waals surface area contributed by atoms with Crippen LogP contribution in [0.5, 0.6) is 11.6 Å². The van der Waals surface area contributed by atoms with E-state index in [1.807, 2.05) is 11.8 Å². The van der Waals surface area contributed by atoms with E-state index in [2.05, 4.69) is 14.9 Å². The third-order valence-corrected chi connectivity index (χ3v) is 5.59. The van der Waals surface area contributed by atoms with Gasteiger partial charge < -0.3 is 14.5 Å². The smallest absolute Gasteiger partial charge is 0.254 e. The zero-order valence-electron chi connectivity index (χ0n) is 16.6. The quantitative estimate of drug-likeness (QED) is 0.544. The van der Waals surface area contributed by atoms with Gasteiger partial charge in [-0.1, -0.05) is 23.2 Å². The van der Waals surface area contributed by atoms with Crippen LogP contribution in [0, 0.1) is 5.82 Å². The summed E-state index contributed by atoms with van der Waals surface area (Å²) >= 11 is 11.7. The van der Waals surface area contributed by atoms with E-state index in [9.17, 15) is 9.18 Å². The highest BCUT2D eigenvalue weighted by molar-refractivity contribution is 6.31. The number of anilines is 1. The number of nitrogens with zero attached hydrogens (tertiary/aromatic N) is 4. The average Bonchev–Trinajstić information content (AvgIpc) is 2.76. The summed E-state index contributed by atoms with van der Waals surface area (Å²) in [7, 11) is 0. The molecule has 2 aromatic carbocycles. The van der Waals surface area contributed by atoms with E-state index in [0.717, 1.165) is 0 Å². The van der Waals surface area contributed by atoms with Gasteiger partial charge in [-0.15, -0.1) is 0 Å². The fraction of sp³-hybridized carbons (Fsp3) is 0.227. The molecule has 1 fully saturated rings. The van der Waals surface area contributed by atoms with Crippen molar-refractivity contribution >= 4 is 34.9 Å². The van der Waals surface area contributed by atoms with Crippen molar-refractivity contribution in [3.8, 4) is 11.6 Å². The van der Waals surface area contributed by atoms with E-state index in [1.165, 1.54) is 24.5 Å². The van der Waals surface area contributed by atoms with Crippen molar-refractivity contribution in [1.29, 1.82) is 0 Å². The van der Waals surface area contributed by atoms with Crippen LogP contribution < -0.4 is 9.64 Å². The highest BCUT2D eigenvalue weighted by Crippen LogP contribution is 2.27. The number of rotatable bonds is 4. The molecule has 1 aromatic heterocycles. The number of carbonyl (C=O) groups is 1. The topological polar surface area (TPSA) is 58.6 Å². The van der Waals surface area contributed by atoms with Crippen LogP contribution in [-0.2, 0) is 0 Å². The molecule has 0 spiro atoms. The zero-order valence-corrected chi connectivity index (χ0v) is 18.1. The van der Waals surface area contributed by atoms with E-state index in [1.54, 1.807) is 30.3 Å². The summed E-state index contributed by atoms with van der Waals surface area (Å²) in [5.74, 6) is 0.840. The van der Waals surface area contributed by atoms with E-state index in [-0.39, 0.29) is 17.0 Å². The first-order valence-corrected chi connectivity index (χ1v) is 10.4. The lowest BCUT2D eigenvalue weighted by molar-refractivity contribution is 0.0673. The highest BCUT2D eigenvalue weighted by atomic mass is 35.5. The SMILES string of the molecule is CC1CN(c2cc(Oc3ccc(F)c(Cl)c3)ncn2)CCN1C(=O)c1ccc(Cl)cc1. The van der Waals surface area contributed by atoms with Gasteiger partial charge in [0.1, 0.15) is 23.7 Å². The maximum atomic E-state index is 13.3. The zero-order chi connectivity index (χ0) is 22.0. The summed E-state index contributed by atoms with van der Waals surface area (Å²) in [6.07, 6.45) is 1.41. The molecule has 1 aliphatic rings. The largest absolute Gasteiger partial charge is 0.439 e. The summed E-state index contributed by atoms with van der Waals surface area (Å²) in [6.45, 7) is 3.77. The van der Waals surface area contributed by atoms with Crippen molar-refractivity contribution in [2.45, 2.75) is 13.0 Å². The molecule has 0 N–H and O–H groups in total. The monoisotopic (exact) mass is 460 g/mol. The molecule has 1 amide bonds. The maximum Gasteiger partial charge on any atom is 0.254 e. The van der Waals surface area contributed by atoms with Crippen molar-refractivity contribution in [3.63, 3.8) is 0 Å². The van der Waals surface area contributed by atoms with Gasteiger partial charge in [-0.05, 0) is 43.3 Å². The van der Waals surface area contributed by atoms with E-state index >= 15 is 0 Å². The molecule has 1 saturated heterocycles. The van der Waals surface area contributed by atoms with E-state index < -0.39 is 5.82 Å². The van der Waals surface area contributed by atoms with Crippen LogP contribution in [0.1, 0.15) is 17.3 Å². The van der Waals surface area contributed by atoms with E-state index in [4.69, 9.17) is 27.9 Å². The standard InChI is InChI=1S/C22H19Cl2FN4O2/c1-14-12-28(8-9-29(14)22(30)15-2-4-16(23)5-3-15)20-11-21(27-13-26-20)31-17-6-7-19(25)18(24)10-17/h2-7,10-11,13-14H,8-9,12H2,1H3. The third-order valence-electron chi connectivity index (χ3n) is 5.04. The lowest BCUT2D eigenvalue weighted by atomic mass is 10.1. The number of carbonyl (C=O) groups excluding carboxylic acids is 1. The highest BCUT2D eigenvalue weighted by Gasteiger charge is 2.29. The van der Waals surface area contributed by atoms with Gasteiger partial charge in [-0.3, -0.25) is 4.79 Å². The molecule has 1 unspecified atom stereocenters. The molecule has 3 aromatic rings. The fourth-order valence-electron chi connectivity index (χ4n) is 3.45. The molecule has 1 atom stereocenters. The molecule has 2 heterocycles. The molecule has 6 nitrogen and oxygen atoms in total. The van der Waals surface area contributed by atoms with Crippen molar-refractivity contribution in [3.05, 3.63) is 76.3 Å². The number of piperazine rings is 1. The molecule has 0 saturated carbocycles. The lowest BCUT2D eigenvalue weighted by Crippen LogP contribution is -2.54. The van der Waals surface area contributed by atoms with Crippen LogP contribution in [0.2, 0.25) is 10.0 Å². The Labute approximate surface area is 189 Å². The normalized spacial score (nSPS) is 16.3. The molecule has 0 aliphatic carbocycles. The second kappa shape index (κ2) is 9.08. The first kappa shape index (κ1) is 21.3. The predicted octanol–water partition coefficient (Wildman–Crippen LogP) is 5.07. The van der Waals surface area contributed by atoms with Gasteiger partial charge in [0.15, 0.2) is 0 Å². The molecule has 1 aliphatic heterocycles. The number of hydrogen-bond acceptors (Lipinski definition) is 5. The van der Waals surface area contributed by atoms with Crippen LogP contribution in [0.4, 0.5) is 10.2 Å². The minimum atomic E-state index is -0.516. The molecule has 160 valence electrons. The number of aromatic nitrogens is 2. The Morgan fingerprint density at radius 2 is 1.87 bits per heavy atom. The summed E-state index contributed by atoms with van der Waals surface area (Å²) < 4.78 is 19.0. The summed E-state index contributed by atoms with van der Waals surface area (Å²) in [5.41, 5.74) is 0.611. The van der Waals surface area contributed by atoms with Gasteiger partial charge in [-0.25, -0.2) is 14.4 Å². The van der Waals surface area contributed by atoms with Crippen LogP contribution >= 0.6 is 23.2 Å². The van der Waals surface area contributed by atoms with Crippen LogP contribution in [0.25, 0.3) is 0 Å². The number of amides is 1. The van der Waals surface area contributed by atoms with Gasteiger partial charge in [0, 0.05) is 48.4 Å². The predicted molar refractivity (Wildman–Crippen MR) is 118 cm³/mol. The van der Waals surface area contributed by atoms with Gasteiger partial charge in [0.2, 0.25) is 5.88 Å². The Bertz CT molecular complexity index is 1100. The van der Waals surface area contributed by atoms with Crippen LogP contribution in [0.15, 0.2) is 54.9 Å². The number of hydrogen-bond donors (Lipinski definition) is 0. The van der Waals surface area contributed by atoms with Crippen molar-refractivity contribution in [2.24, 2.45) is 0 Å². The van der Waals surface area contributed by atoms with Gasteiger partial charge in [0.05, 0.1) is 5.02 Å². The maximum absolute atomic E-state index is 13.3. The second-order valence-corrected chi connectivity index (χ2v) is 8.04. The van der Waals surface area contributed by atoms with Crippen molar-refractivity contribution in [2.75, 3.05) is 24.5 Å². The second-order valence-electron chi connectivity index (χ2n) is 7.19. The third kappa shape index (κ3) is 4.89. The Hall–Kier alpha value is -2.90. The summed E-state index contributed by atoms with van der Waals surface area (Å²) in [6, 6.07) is 12.7. The molecule has 31 heavy (non-hydrogen) atoms. The Morgan fingerprint density at radius 1 is 1.10 bits per heavy atom. The number of halogens is 3.